The maximum Gasteiger partial charge on any atom is 0.240 e. The number of halogens is 1. The van der Waals surface area contributed by atoms with Crippen molar-refractivity contribution in [2.45, 2.75) is 37.2 Å². The predicted octanol–water partition coefficient (Wildman–Crippen LogP) is 2.18. The first-order valence-electron chi connectivity index (χ1n) is 6.33. The minimum atomic E-state index is -3.71. The summed E-state index contributed by atoms with van der Waals surface area (Å²) in [5, 5.41) is 10.3. The Balaban J connectivity index is 2.92. The fourth-order valence-corrected chi connectivity index (χ4v) is 3.09. The van der Waals surface area contributed by atoms with E-state index in [2.05, 4.69) is 4.72 Å². The first-order chi connectivity index (χ1) is 9.28. The number of methoxy groups -OCH3 is 1. The molecule has 5 nitrogen and oxygen atoms in total. The Morgan fingerprint density at radius 2 is 1.95 bits per heavy atom. The van der Waals surface area contributed by atoms with Crippen molar-refractivity contribution in [3.05, 3.63) is 23.2 Å². The van der Waals surface area contributed by atoms with Crippen LogP contribution in [0.5, 0.6) is 5.75 Å². The molecule has 0 aliphatic carbocycles. The molecular formula is C13H20ClNO4S. The van der Waals surface area contributed by atoms with Crippen molar-refractivity contribution in [3.8, 4) is 5.75 Å². The van der Waals surface area contributed by atoms with Crippen LogP contribution in [-0.4, -0.2) is 32.8 Å². The van der Waals surface area contributed by atoms with Crippen LogP contribution < -0.4 is 9.46 Å². The van der Waals surface area contributed by atoms with E-state index >= 15 is 0 Å². The number of ether oxygens (including phenoxy) is 1. The summed E-state index contributed by atoms with van der Waals surface area (Å²) in [6.45, 7) is 3.58. The summed E-state index contributed by atoms with van der Waals surface area (Å²) in [5.74, 6) is 0.407. The highest BCUT2D eigenvalue weighted by Crippen LogP contribution is 2.27. The molecule has 0 aliphatic rings. The third kappa shape index (κ3) is 4.09. The van der Waals surface area contributed by atoms with Crippen molar-refractivity contribution in [3.63, 3.8) is 0 Å². The Bertz CT molecular complexity index is 555. The van der Waals surface area contributed by atoms with Crippen LogP contribution in [0.3, 0.4) is 0 Å². The van der Waals surface area contributed by atoms with Gasteiger partial charge in [0.25, 0.3) is 0 Å². The minimum Gasteiger partial charge on any atom is -0.495 e. The molecule has 20 heavy (non-hydrogen) atoms. The second kappa shape index (κ2) is 6.76. The number of sulfonamides is 1. The summed E-state index contributed by atoms with van der Waals surface area (Å²) in [6, 6.07) is 4.21. The summed E-state index contributed by atoms with van der Waals surface area (Å²) in [5.41, 5.74) is -1.04. The van der Waals surface area contributed by atoms with E-state index in [9.17, 15) is 13.5 Å². The number of benzene rings is 1. The van der Waals surface area contributed by atoms with Crippen LogP contribution in [0.15, 0.2) is 23.1 Å². The molecule has 7 heteroatoms. The molecule has 1 aromatic rings. The van der Waals surface area contributed by atoms with Crippen LogP contribution in [0.2, 0.25) is 5.02 Å². The molecule has 0 aliphatic heterocycles. The quantitative estimate of drug-likeness (QED) is 0.807. The van der Waals surface area contributed by atoms with Gasteiger partial charge in [0.05, 0.1) is 22.6 Å². The SMILES string of the molecule is CCC(O)(CC)CNS(=O)(=O)c1ccc(OC)c(Cl)c1. The number of hydrogen-bond acceptors (Lipinski definition) is 4. The van der Waals surface area contributed by atoms with Crippen molar-refractivity contribution < 1.29 is 18.3 Å². The molecule has 0 heterocycles. The summed E-state index contributed by atoms with van der Waals surface area (Å²) >= 11 is 5.91. The van der Waals surface area contributed by atoms with Crippen molar-refractivity contribution in [2.75, 3.05) is 13.7 Å². The molecule has 0 bridgehead atoms. The third-order valence-electron chi connectivity index (χ3n) is 3.34. The highest BCUT2D eigenvalue weighted by Gasteiger charge is 2.25. The molecule has 0 saturated heterocycles. The smallest absolute Gasteiger partial charge is 0.240 e. The first kappa shape index (κ1) is 17.2. The maximum absolute atomic E-state index is 12.1. The summed E-state index contributed by atoms with van der Waals surface area (Å²) < 4.78 is 31.7. The van der Waals surface area contributed by atoms with Crippen molar-refractivity contribution in [2.24, 2.45) is 0 Å². The molecule has 0 radical (unpaired) electrons. The minimum absolute atomic E-state index is 0.0357. The molecule has 0 saturated carbocycles. The summed E-state index contributed by atoms with van der Waals surface area (Å²) in [7, 11) is -2.26. The van der Waals surface area contributed by atoms with Gasteiger partial charge in [-0.3, -0.25) is 0 Å². The molecule has 1 aromatic carbocycles. The Kier molecular flexibility index (Phi) is 5.82. The van der Waals surface area contributed by atoms with Crippen LogP contribution in [0.4, 0.5) is 0 Å². The van der Waals surface area contributed by atoms with E-state index in [1.165, 1.54) is 25.3 Å². The number of nitrogens with one attached hydrogen (secondary N) is 1. The fourth-order valence-electron chi connectivity index (χ4n) is 1.63. The molecule has 0 fully saturated rings. The van der Waals surface area contributed by atoms with Crippen LogP contribution in [-0.2, 0) is 10.0 Å². The van der Waals surface area contributed by atoms with Gasteiger partial charge in [-0.1, -0.05) is 25.4 Å². The average Bonchev–Trinajstić information content (AvgIpc) is 2.44. The number of rotatable bonds is 7. The second-order valence-corrected chi connectivity index (χ2v) is 6.73. The van der Waals surface area contributed by atoms with E-state index in [4.69, 9.17) is 16.3 Å². The Labute approximate surface area is 125 Å². The van der Waals surface area contributed by atoms with E-state index < -0.39 is 15.6 Å². The maximum atomic E-state index is 12.1. The number of aliphatic hydroxyl groups is 1. The zero-order valence-corrected chi connectivity index (χ0v) is 13.4. The lowest BCUT2D eigenvalue weighted by molar-refractivity contribution is 0.0377. The number of hydrogen-bond donors (Lipinski definition) is 2. The van der Waals surface area contributed by atoms with Gasteiger partial charge in [0.1, 0.15) is 5.75 Å². The Morgan fingerprint density at radius 1 is 1.35 bits per heavy atom. The Hall–Kier alpha value is -0.820. The molecule has 0 atom stereocenters. The largest absolute Gasteiger partial charge is 0.495 e. The lowest BCUT2D eigenvalue weighted by atomic mass is 9.98. The Morgan fingerprint density at radius 3 is 2.40 bits per heavy atom. The lowest BCUT2D eigenvalue weighted by Gasteiger charge is -2.25. The molecule has 114 valence electrons. The normalized spacial score (nSPS) is 12.4. The predicted molar refractivity (Wildman–Crippen MR) is 78.7 cm³/mol. The third-order valence-corrected chi connectivity index (χ3v) is 5.04. The van der Waals surface area contributed by atoms with Gasteiger partial charge in [0.15, 0.2) is 0 Å². The van der Waals surface area contributed by atoms with E-state index in [1.807, 2.05) is 13.8 Å². The first-order valence-corrected chi connectivity index (χ1v) is 8.19. The highest BCUT2D eigenvalue weighted by atomic mass is 35.5. The monoisotopic (exact) mass is 321 g/mol. The zero-order chi connectivity index (χ0) is 15.4. The van der Waals surface area contributed by atoms with Gasteiger partial charge in [-0.25, -0.2) is 13.1 Å². The van der Waals surface area contributed by atoms with Gasteiger partial charge in [-0.2, -0.15) is 0 Å². The van der Waals surface area contributed by atoms with Gasteiger partial charge in [0, 0.05) is 6.54 Å². The average molecular weight is 322 g/mol. The summed E-state index contributed by atoms with van der Waals surface area (Å²) in [6.07, 6.45) is 0.935. The topological polar surface area (TPSA) is 75.6 Å². The standard InChI is InChI=1S/C13H20ClNO4S/c1-4-13(16,5-2)9-15-20(17,18)10-6-7-12(19-3)11(14)8-10/h6-8,15-16H,4-5,9H2,1-3H3. The van der Waals surface area contributed by atoms with Gasteiger partial charge >= 0.3 is 0 Å². The van der Waals surface area contributed by atoms with Gasteiger partial charge in [-0.05, 0) is 31.0 Å². The van der Waals surface area contributed by atoms with Crippen molar-refractivity contribution >= 4 is 21.6 Å². The van der Waals surface area contributed by atoms with Crippen molar-refractivity contribution in [1.29, 1.82) is 0 Å². The van der Waals surface area contributed by atoms with Crippen LogP contribution in [0.1, 0.15) is 26.7 Å². The van der Waals surface area contributed by atoms with Crippen LogP contribution >= 0.6 is 11.6 Å². The molecular weight excluding hydrogens is 302 g/mol. The molecule has 2 N–H and O–H groups in total. The van der Waals surface area contributed by atoms with Gasteiger partial charge < -0.3 is 9.84 Å². The molecule has 0 spiro atoms. The van der Waals surface area contributed by atoms with E-state index in [1.54, 1.807) is 0 Å². The highest BCUT2D eigenvalue weighted by molar-refractivity contribution is 7.89. The zero-order valence-electron chi connectivity index (χ0n) is 11.8. The van der Waals surface area contributed by atoms with E-state index in [0.717, 1.165) is 0 Å². The lowest BCUT2D eigenvalue weighted by Crippen LogP contribution is -2.41. The van der Waals surface area contributed by atoms with E-state index in [0.29, 0.717) is 18.6 Å². The fraction of sp³-hybridized carbons (Fsp3) is 0.538. The molecule has 0 amide bonds. The molecule has 0 unspecified atom stereocenters. The van der Waals surface area contributed by atoms with E-state index in [-0.39, 0.29) is 16.5 Å². The summed E-state index contributed by atoms with van der Waals surface area (Å²) in [4.78, 5) is 0.0397. The molecule has 0 aromatic heterocycles. The van der Waals surface area contributed by atoms with Crippen LogP contribution in [0.25, 0.3) is 0 Å². The molecule has 1 rings (SSSR count). The second-order valence-electron chi connectivity index (χ2n) is 4.55. The van der Waals surface area contributed by atoms with Crippen LogP contribution in [0, 0.1) is 0 Å². The van der Waals surface area contributed by atoms with Gasteiger partial charge in [0.2, 0.25) is 10.0 Å². The van der Waals surface area contributed by atoms with Crippen molar-refractivity contribution in [1.82, 2.24) is 4.72 Å². The van der Waals surface area contributed by atoms with Gasteiger partial charge in [-0.15, -0.1) is 0 Å².